The second kappa shape index (κ2) is 8.54. The number of nitrogens with zero attached hydrogens (tertiary/aromatic N) is 2. The second-order valence-corrected chi connectivity index (χ2v) is 6.61. The van der Waals surface area contributed by atoms with Crippen molar-refractivity contribution in [1.29, 1.82) is 5.26 Å². The largest absolute Gasteiger partial charge is 0.294 e. The molecule has 0 aliphatic rings. The molecule has 0 atom stereocenters. The molecule has 4 nitrogen and oxygen atoms in total. The summed E-state index contributed by atoms with van der Waals surface area (Å²) in [5.41, 5.74) is 1.90. The maximum Gasteiger partial charge on any atom is 0.162 e. The summed E-state index contributed by atoms with van der Waals surface area (Å²) >= 11 is 1.39. The molecule has 0 N–H and O–H groups in total. The van der Waals surface area contributed by atoms with Crippen molar-refractivity contribution in [1.82, 2.24) is 4.98 Å². The zero-order chi connectivity index (χ0) is 18.4. The molecule has 25 heavy (non-hydrogen) atoms. The van der Waals surface area contributed by atoms with Gasteiger partial charge in [0.25, 0.3) is 0 Å². The first kappa shape index (κ1) is 18.8. The van der Waals surface area contributed by atoms with Crippen LogP contribution in [0.3, 0.4) is 0 Å². The van der Waals surface area contributed by atoms with Crippen LogP contribution in [0.5, 0.6) is 0 Å². The first-order chi connectivity index (χ1) is 11.9. The van der Waals surface area contributed by atoms with Crippen LogP contribution < -0.4 is 0 Å². The summed E-state index contributed by atoms with van der Waals surface area (Å²) in [6.07, 6.45) is 0.950. The molecule has 2 rings (SSSR count). The van der Waals surface area contributed by atoms with Crippen molar-refractivity contribution in [2.75, 3.05) is 5.75 Å². The molecule has 0 unspecified atom stereocenters. The number of ketones is 2. The van der Waals surface area contributed by atoms with Crippen LogP contribution in [0.4, 0.5) is 4.39 Å². The number of benzene rings is 1. The highest BCUT2D eigenvalue weighted by molar-refractivity contribution is 7.99. The van der Waals surface area contributed by atoms with Crippen molar-refractivity contribution in [3.63, 3.8) is 0 Å². The summed E-state index contributed by atoms with van der Waals surface area (Å²) in [4.78, 5) is 27.9. The molecule has 1 aromatic carbocycles. The van der Waals surface area contributed by atoms with Gasteiger partial charge in [-0.15, -0.1) is 11.8 Å². The lowest BCUT2D eigenvalue weighted by Gasteiger charge is -2.07. The van der Waals surface area contributed by atoms with Gasteiger partial charge >= 0.3 is 0 Å². The van der Waals surface area contributed by atoms with E-state index in [2.05, 4.69) is 11.1 Å². The minimum Gasteiger partial charge on any atom is -0.294 e. The number of hydrogen-bond donors (Lipinski definition) is 0. The number of Topliss-reactive ketones (excluding diaryl/α,β-unsaturated/α-hetero) is 2. The molecule has 0 amide bonds. The van der Waals surface area contributed by atoms with Crippen LogP contribution in [0.25, 0.3) is 0 Å². The molecule has 1 heterocycles. The van der Waals surface area contributed by atoms with Crippen LogP contribution in [-0.2, 0) is 0 Å². The lowest BCUT2D eigenvalue weighted by Crippen LogP contribution is -2.03. The summed E-state index contributed by atoms with van der Waals surface area (Å²) in [6, 6.07) is 9.12. The number of carbonyl (C=O) groups is 2. The molecule has 0 saturated carbocycles. The molecule has 128 valence electrons. The van der Waals surface area contributed by atoms with Crippen LogP contribution in [0.1, 0.15) is 51.7 Å². The van der Waals surface area contributed by atoms with Gasteiger partial charge in [0, 0.05) is 23.2 Å². The number of carbonyl (C=O) groups excluding carboxylic acids is 2. The van der Waals surface area contributed by atoms with Crippen molar-refractivity contribution in [3.8, 4) is 6.07 Å². The third-order valence-corrected chi connectivity index (χ3v) is 4.71. The number of pyridine rings is 1. The third kappa shape index (κ3) is 4.97. The maximum atomic E-state index is 12.9. The minimum absolute atomic E-state index is 0.0443. The SMILES string of the molecule is CC(=O)c1cc(C#N)c(SCCCC(=O)c2ccc(F)cc2)nc1C. The average Bonchev–Trinajstić information content (AvgIpc) is 2.59. The van der Waals surface area contributed by atoms with Crippen molar-refractivity contribution >= 4 is 23.3 Å². The monoisotopic (exact) mass is 356 g/mol. The Morgan fingerprint density at radius 2 is 1.96 bits per heavy atom. The van der Waals surface area contributed by atoms with Gasteiger partial charge in [0.05, 0.1) is 5.56 Å². The molecule has 0 aliphatic carbocycles. The van der Waals surface area contributed by atoms with Gasteiger partial charge in [-0.2, -0.15) is 5.26 Å². The van der Waals surface area contributed by atoms with Crippen LogP contribution in [0.15, 0.2) is 35.4 Å². The first-order valence-corrected chi connectivity index (χ1v) is 8.75. The molecule has 0 radical (unpaired) electrons. The second-order valence-electron chi connectivity index (χ2n) is 5.52. The van der Waals surface area contributed by atoms with E-state index in [4.69, 9.17) is 0 Å². The van der Waals surface area contributed by atoms with Crippen LogP contribution in [-0.4, -0.2) is 22.3 Å². The lowest BCUT2D eigenvalue weighted by atomic mass is 10.1. The van der Waals surface area contributed by atoms with Crippen molar-refractivity contribution in [2.24, 2.45) is 0 Å². The Labute approximate surface area is 150 Å². The highest BCUT2D eigenvalue weighted by Crippen LogP contribution is 2.24. The Morgan fingerprint density at radius 3 is 2.56 bits per heavy atom. The number of rotatable bonds is 7. The molecular formula is C19H17FN2O2S. The number of hydrogen-bond acceptors (Lipinski definition) is 5. The fraction of sp³-hybridized carbons (Fsp3) is 0.263. The van der Waals surface area contributed by atoms with E-state index in [1.54, 1.807) is 13.0 Å². The Morgan fingerprint density at radius 1 is 1.28 bits per heavy atom. The molecule has 0 aliphatic heterocycles. The summed E-state index contributed by atoms with van der Waals surface area (Å²) < 4.78 is 12.9. The minimum atomic E-state index is -0.369. The number of aromatic nitrogens is 1. The Hall–Kier alpha value is -2.52. The molecule has 0 saturated heterocycles. The molecule has 0 spiro atoms. The zero-order valence-corrected chi connectivity index (χ0v) is 14.8. The molecule has 2 aromatic rings. The van der Waals surface area contributed by atoms with E-state index in [0.29, 0.717) is 46.0 Å². The predicted molar refractivity (Wildman–Crippen MR) is 94.4 cm³/mol. The summed E-state index contributed by atoms with van der Waals surface area (Å²) in [7, 11) is 0. The van der Waals surface area contributed by atoms with Crippen LogP contribution in [0.2, 0.25) is 0 Å². The van der Waals surface area contributed by atoms with E-state index in [1.165, 1.54) is 43.0 Å². The normalized spacial score (nSPS) is 10.3. The summed E-state index contributed by atoms with van der Waals surface area (Å²) in [5, 5.41) is 9.80. The highest BCUT2D eigenvalue weighted by atomic mass is 32.2. The standard InChI is InChI=1S/C19H17FN2O2S/c1-12-17(13(2)23)10-15(11-21)19(22-12)25-9-3-4-18(24)14-5-7-16(20)8-6-14/h5-8,10H,3-4,9H2,1-2H3. The van der Waals surface area contributed by atoms with Crippen molar-refractivity contribution in [2.45, 2.75) is 31.7 Å². The van der Waals surface area contributed by atoms with Gasteiger partial charge in [-0.3, -0.25) is 9.59 Å². The number of nitriles is 1. The predicted octanol–water partition coefficient (Wildman–Crippen LogP) is 4.36. The average molecular weight is 356 g/mol. The highest BCUT2D eigenvalue weighted by Gasteiger charge is 2.13. The van der Waals surface area contributed by atoms with Crippen LogP contribution >= 0.6 is 11.8 Å². The summed E-state index contributed by atoms with van der Waals surface area (Å²) in [6.45, 7) is 3.18. The molecule has 1 aromatic heterocycles. The lowest BCUT2D eigenvalue weighted by molar-refractivity contribution is 0.0980. The van der Waals surface area contributed by atoms with Crippen molar-refractivity contribution in [3.05, 3.63) is 58.5 Å². The zero-order valence-electron chi connectivity index (χ0n) is 14.0. The molecule has 0 bridgehead atoms. The molecule has 0 fully saturated rings. The fourth-order valence-corrected chi connectivity index (χ4v) is 3.26. The van der Waals surface area contributed by atoms with E-state index in [0.717, 1.165) is 0 Å². The van der Waals surface area contributed by atoms with E-state index in [1.807, 2.05) is 0 Å². The number of aryl methyl sites for hydroxylation is 1. The van der Waals surface area contributed by atoms with Crippen molar-refractivity contribution < 1.29 is 14.0 Å². The molecule has 6 heteroatoms. The molecular weight excluding hydrogens is 339 g/mol. The third-order valence-electron chi connectivity index (χ3n) is 3.63. The van der Waals surface area contributed by atoms with E-state index >= 15 is 0 Å². The fourth-order valence-electron chi connectivity index (χ4n) is 2.31. The quantitative estimate of drug-likeness (QED) is 0.419. The summed E-state index contributed by atoms with van der Waals surface area (Å²) in [5.74, 6) is 0.0831. The first-order valence-electron chi connectivity index (χ1n) is 7.76. The Balaban J connectivity index is 1.94. The topological polar surface area (TPSA) is 70.8 Å². The number of halogens is 1. The van der Waals surface area contributed by atoms with Gasteiger partial charge < -0.3 is 0 Å². The Bertz CT molecular complexity index is 842. The van der Waals surface area contributed by atoms with Gasteiger partial charge in [-0.25, -0.2) is 9.37 Å². The smallest absolute Gasteiger partial charge is 0.162 e. The van der Waals surface area contributed by atoms with Gasteiger partial charge in [0.1, 0.15) is 16.9 Å². The van der Waals surface area contributed by atoms with E-state index in [9.17, 15) is 19.2 Å². The van der Waals surface area contributed by atoms with E-state index in [-0.39, 0.29) is 17.4 Å². The van der Waals surface area contributed by atoms with Crippen LogP contribution in [0, 0.1) is 24.1 Å². The number of thioether (sulfide) groups is 1. The van der Waals surface area contributed by atoms with E-state index < -0.39 is 0 Å². The van der Waals surface area contributed by atoms with Gasteiger partial charge in [-0.1, -0.05) is 0 Å². The van der Waals surface area contributed by atoms with Gasteiger partial charge in [0.2, 0.25) is 0 Å². The maximum absolute atomic E-state index is 12.9. The van der Waals surface area contributed by atoms with Gasteiger partial charge in [0.15, 0.2) is 11.6 Å². The van der Waals surface area contributed by atoms with Gasteiger partial charge in [-0.05, 0) is 56.4 Å². The Kier molecular flexibility index (Phi) is 6.43.